The Labute approximate surface area is 108 Å². The molecular formula is C11H15N3O5. The van der Waals surface area contributed by atoms with E-state index in [1.807, 2.05) is 0 Å². The average molecular weight is 269 g/mol. The Morgan fingerprint density at radius 1 is 1.58 bits per heavy atom. The van der Waals surface area contributed by atoms with Crippen LogP contribution in [0.1, 0.15) is 12.8 Å². The minimum absolute atomic E-state index is 0.0674. The van der Waals surface area contributed by atoms with Gasteiger partial charge in [0.05, 0.1) is 6.61 Å². The predicted octanol–water partition coefficient (Wildman–Crippen LogP) is -2.24. The molecule has 104 valence electrons. The van der Waals surface area contributed by atoms with Gasteiger partial charge in [-0.1, -0.05) is 0 Å². The molecule has 1 aromatic heterocycles. The van der Waals surface area contributed by atoms with Crippen LogP contribution < -0.4 is 11.4 Å². The first-order chi connectivity index (χ1) is 8.94. The maximum atomic E-state index is 11.9. The van der Waals surface area contributed by atoms with Crippen molar-refractivity contribution < 1.29 is 20.1 Å². The maximum absolute atomic E-state index is 11.9. The smallest absolute Gasteiger partial charge is 0.351 e. The summed E-state index contributed by atoms with van der Waals surface area (Å²) >= 11 is 0. The lowest BCUT2D eigenvalue weighted by atomic mass is 9.68. The Bertz CT molecular complexity index is 576. The first kappa shape index (κ1) is 12.5. The number of hydrogen-bond donors (Lipinski definition) is 4. The van der Waals surface area contributed by atoms with Gasteiger partial charge in [-0.05, 0) is 12.5 Å². The van der Waals surface area contributed by atoms with Gasteiger partial charge >= 0.3 is 5.69 Å². The van der Waals surface area contributed by atoms with Crippen molar-refractivity contribution in [3.63, 3.8) is 0 Å². The number of aliphatic hydroxyl groups is 3. The molecule has 0 aromatic carbocycles. The molecule has 5 N–H and O–H groups in total. The van der Waals surface area contributed by atoms with Crippen LogP contribution >= 0.6 is 0 Å². The lowest BCUT2D eigenvalue weighted by molar-refractivity contribution is -0.262. The van der Waals surface area contributed by atoms with E-state index in [0.29, 0.717) is 6.42 Å². The number of anilines is 1. The van der Waals surface area contributed by atoms with Crippen LogP contribution in [-0.4, -0.2) is 49.3 Å². The van der Waals surface area contributed by atoms with Gasteiger partial charge in [0.25, 0.3) is 0 Å². The highest BCUT2D eigenvalue weighted by Crippen LogP contribution is 2.56. The fraction of sp³-hybridized carbons (Fsp3) is 0.636. The standard InChI is InChI=1S/C11H15N3O5/c12-7-1-4-14(9(17)13-7)11-3-2-10(11,18)8(16)6(5-15)19-11/h1,4,6,8,15-16,18H,2-3,5H2,(H2,12,13,17)/t6-,8-,10-,11-/m1/s1. The molecule has 8 nitrogen and oxygen atoms in total. The molecular weight excluding hydrogens is 254 g/mol. The van der Waals surface area contributed by atoms with Gasteiger partial charge < -0.3 is 25.8 Å². The monoisotopic (exact) mass is 269 g/mol. The number of nitrogens with zero attached hydrogens (tertiary/aromatic N) is 2. The van der Waals surface area contributed by atoms with Crippen LogP contribution in [0.25, 0.3) is 0 Å². The molecule has 8 heteroatoms. The van der Waals surface area contributed by atoms with Crippen molar-refractivity contribution in [3.05, 3.63) is 22.7 Å². The van der Waals surface area contributed by atoms with Crippen molar-refractivity contribution >= 4 is 5.82 Å². The molecule has 1 saturated carbocycles. The van der Waals surface area contributed by atoms with E-state index in [9.17, 15) is 15.0 Å². The number of aliphatic hydroxyl groups excluding tert-OH is 2. The molecule has 1 aliphatic heterocycles. The van der Waals surface area contributed by atoms with E-state index >= 15 is 0 Å². The average Bonchev–Trinajstić information content (AvgIpc) is 2.51. The van der Waals surface area contributed by atoms with Crippen LogP contribution in [0.4, 0.5) is 5.82 Å². The highest BCUT2D eigenvalue weighted by Gasteiger charge is 2.72. The SMILES string of the molecule is Nc1ccn([C@@]23CC[C@@]2(O)[C@H](O)[C@@H](CO)O3)c(=O)n1. The van der Waals surface area contributed by atoms with Gasteiger partial charge in [0.2, 0.25) is 0 Å². The lowest BCUT2D eigenvalue weighted by Gasteiger charge is -2.51. The predicted molar refractivity (Wildman–Crippen MR) is 63.0 cm³/mol. The molecule has 0 unspecified atom stereocenters. The second-order valence-corrected chi connectivity index (χ2v) is 5.00. The van der Waals surface area contributed by atoms with Gasteiger partial charge in [0.15, 0.2) is 5.72 Å². The minimum Gasteiger partial charge on any atom is -0.394 e. The fourth-order valence-electron chi connectivity index (χ4n) is 2.97. The molecule has 2 heterocycles. The molecule has 1 saturated heterocycles. The molecule has 0 bridgehead atoms. The van der Waals surface area contributed by atoms with E-state index in [4.69, 9.17) is 15.6 Å². The van der Waals surface area contributed by atoms with Gasteiger partial charge in [-0.15, -0.1) is 0 Å². The number of fused-ring (bicyclic) bond motifs is 1. The van der Waals surface area contributed by atoms with Crippen LogP contribution in [0.15, 0.2) is 17.1 Å². The summed E-state index contributed by atoms with van der Waals surface area (Å²) in [7, 11) is 0. The second-order valence-electron chi connectivity index (χ2n) is 5.00. The van der Waals surface area contributed by atoms with Crippen LogP contribution in [0.3, 0.4) is 0 Å². The van der Waals surface area contributed by atoms with E-state index in [1.165, 1.54) is 12.3 Å². The Kier molecular flexibility index (Phi) is 2.49. The number of nitrogens with two attached hydrogens (primary N) is 1. The third-order valence-corrected chi connectivity index (χ3v) is 4.10. The molecule has 19 heavy (non-hydrogen) atoms. The summed E-state index contributed by atoms with van der Waals surface area (Å²) in [5, 5.41) is 29.7. The van der Waals surface area contributed by atoms with Crippen molar-refractivity contribution in [2.45, 2.75) is 36.4 Å². The van der Waals surface area contributed by atoms with Crippen LogP contribution in [0.5, 0.6) is 0 Å². The number of rotatable bonds is 2. The van der Waals surface area contributed by atoms with Crippen molar-refractivity contribution in [1.29, 1.82) is 0 Å². The van der Waals surface area contributed by atoms with E-state index in [2.05, 4.69) is 4.98 Å². The second kappa shape index (κ2) is 3.76. The van der Waals surface area contributed by atoms with E-state index in [0.717, 1.165) is 4.57 Å². The first-order valence-electron chi connectivity index (χ1n) is 5.99. The zero-order valence-corrected chi connectivity index (χ0v) is 10.1. The van der Waals surface area contributed by atoms with Crippen LogP contribution in [0, 0.1) is 0 Å². The summed E-state index contributed by atoms with van der Waals surface area (Å²) in [6.07, 6.45) is -0.182. The van der Waals surface area contributed by atoms with Crippen molar-refractivity contribution in [1.82, 2.24) is 9.55 Å². The highest BCUT2D eigenvalue weighted by molar-refractivity contribution is 5.26. The quantitative estimate of drug-likeness (QED) is 0.477. The fourth-order valence-corrected chi connectivity index (χ4v) is 2.97. The number of hydrogen-bond acceptors (Lipinski definition) is 7. The molecule has 2 fully saturated rings. The number of aromatic nitrogens is 2. The summed E-state index contributed by atoms with van der Waals surface area (Å²) in [5.74, 6) is 0.0674. The number of nitrogen functional groups attached to an aromatic ring is 1. The van der Waals surface area contributed by atoms with Crippen LogP contribution in [0.2, 0.25) is 0 Å². The van der Waals surface area contributed by atoms with Crippen molar-refractivity contribution in [3.8, 4) is 0 Å². The normalized spacial score (nSPS) is 40.8. The van der Waals surface area contributed by atoms with E-state index in [1.54, 1.807) is 0 Å². The van der Waals surface area contributed by atoms with Gasteiger partial charge in [-0.25, -0.2) is 4.79 Å². The van der Waals surface area contributed by atoms with Gasteiger partial charge in [-0.2, -0.15) is 4.98 Å². The Morgan fingerprint density at radius 3 is 2.84 bits per heavy atom. The highest BCUT2D eigenvalue weighted by atomic mass is 16.6. The summed E-state index contributed by atoms with van der Waals surface area (Å²) < 4.78 is 6.68. The van der Waals surface area contributed by atoms with E-state index < -0.39 is 35.8 Å². The molecule has 3 rings (SSSR count). The third-order valence-electron chi connectivity index (χ3n) is 4.10. The molecule has 2 aliphatic rings. The van der Waals surface area contributed by atoms with Crippen LogP contribution in [-0.2, 0) is 10.5 Å². The molecule has 1 aromatic rings. The lowest BCUT2D eigenvalue weighted by Crippen LogP contribution is -2.67. The number of ether oxygens (including phenoxy) is 1. The topological polar surface area (TPSA) is 131 Å². The third kappa shape index (κ3) is 1.36. The molecule has 0 radical (unpaired) electrons. The minimum atomic E-state index is -1.60. The van der Waals surface area contributed by atoms with Gasteiger partial charge in [-0.3, -0.25) is 4.57 Å². The molecule has 0 amide bonds. The van der Waals surface area contributed by atoms with E-state index in [-0.39, 0.29) is 12.2 Å². The van der Waals surface area contributed by atoms with Gasteiger partial charge in [0, 0.05) is 12.6 Å². The summed E-state index contributed by atoms with van der Waals surface area (Å²) in [6, 6.07) is 1.41. The summed E-state index contributed by atoms with van der Waals surface area (Å²) in [4.78, 5) is 15.5. The molecule has 0 spiro atoms. The largest absolute Gasteiger partial charge is 0.394 e. The maximum Gasteiger partial charge on any atom is 0.351 e. The van der Waals surface area contributed by atoms with Gasteiger partial charge in [0.1, 0.15) is 23.6 Å². The Hall–Kier alpha value is -1.48. The first-order valence-corrected chi connectivity index (χ1v) is 5.99. The zero-order chi connectivity index (χ0) is 13.8. The van der Waals surface area contributed by atoms with Crippen molar-refractivity contribution in [2.75, 3.05) is 12.3 Å². The van der Waals surface area contributed by atoms with Crippen molar-refractivity contribution in [2.24, 2.45) is 0 Å². The summed E-state index contributed by atoms with van der Waals surface area (Å²) in [6.45, 7) is -0.442. The Morgan fingerprint density at radius 2 is 2.32 bits per heavy atom. The molecule has 4 atom stereocenters. The Balaban J connectivity index is 2.11. The molecule has 1 aliphatic carbocycles. The summed E-state index contributed by atoms with van der Waals surface area (Å²) in [5.41, 5.74) is 1.78. The zero-order valence-electron chi connectivity index (χ0n) is 10.1.